The number of methoxy groups -OCH3 is 1. The van der Waals surface area contributed by atoms with E-state index in [1.807, 2.05) is 0 Å². The minimum absolute atomic E-state index is 0.0992. The van der Waals surface area contributed by atoms with E-state index in [2.05, 4.69) is 15.0 Å². The highest BCUT2D eigenvalue weighted by Crippen LogP contribution is 2.59. The maximum absolute atomic E-state index is 16.0. The minimum atomic E-state index is -4.24. The Morgan fingerprint density at radius 1 is 1.47 bits per heavy atom. The molecule has 2 saturated heterocycles. The standard InChI is InChI=1S/C17H23FN5O8P/c1-8(2)29-10(24)6-28-32(25)27-5-9-12(31-32)17(3,18)15(30-9)23-7-20-11-13(23)21-16(19)22-14(11)26-4/h7-9,12,15H,5-6H2,1-4H3,(H2,19,21,22). The van der Waals surface area contributed by atoms with Crippen LogP contribution in [0.4, 0.5) is 10.3 Å². The Hall–Kier alpha value is -2.38. The van der Waals surface area contributed by atoms with Gasteiger partial charge in [0.2, 0.25) is 11.8 Å². The molecule has 32 heavy (non-hydrogen) atoms. The monoisotopic (exact) mass is 475 g/mol. The number of fused-ring (bicyclic) bond motifs is 2. The van der Waals surface area contributed by atoms with E-state index >= 15 is 4.39 Å². The first-order chi connectivity index (χ1) is 15.0. The van der Waals surface area contributed by atoms with E-state index < -0.39 is 44.5 Å². The van der Waals surface area contributed by atoms with Gasteiger partial charge in [0.1, 0.15) is 12.2 Å². The number of nitrogens with zero attached hydrogens (tertiary/aromatic N) is 4. The molecule has 176 valence electrons. The second kappa shape index (κ2) is 8.19. The van der Waals surface area contributed by atoms with Gasteiger partial charge < -0.3 is 19.9 Å². The van der Waals surface area contributed by atoms with E-state index in [0.29, 0.717) is 0 Å². The van der Waals surface area contributed by atoms with Gasteiger partial charge in [-0.2, -0.15) is 9.97 Å². The fraction of sp³-hybridized carbons (Fsp3) is 0.647. The molecule has 4 rings (SSSR count). The van der Waals surface area contributed by atoms with Crippen LogP contribution in [0.25, 0.3) is 11.2 Å². The molecule has 2 aliphatic rings. The molecule has 5 atom stereocenters. The number of ether oxygens (including phenoxy) is 3. The largest absolute Gasteiger partial charge is 0.479 e. The number of phosphoric acid groups is 1. The van der Waals surface area contributed by atoms with E-state index in [1.54, 1.807) is 13.8 Å². The van der Waals surface area contributed by atoms with E-state index in [9.17, 15) is 9.36 Å². The quantitative estimate of drug-likeness (QED) is 0.475. The van der Waals surface area contributed by atoms with Gasteiger partial charge in [0.05, 0.1) is 26.1 Å². The van der Waals surface area contributed by atoms with Gasteiger partial charge in [-0.05, 0) is 20.8 Å². The van der Waals surface area contributed by atoms with Crippen molar-refractivity contribution in [3.63, 3.8) is 0 Å². The first kappa shape index (κ1) is 22.8. The van der Waals surface area contributed by atoms with Gasteiger partial charge in [0, 0.05) is 0 Å². The molecule has 2 aromatic heterocycles. The number of nitrogen functional groups attached to an aromatic ring is 1. The number of imidazole rings is 1. The van der Waals surface area contributed by atoms with Gasteiger partial charge in [-0.15, -0.1) is 0 Å². The number of hydrogen-bond acceptors (Lipinski definition) is 12. The molecule has 0 bridgehead atoms. The lowest BCUT2D eigenvalue weighted by Crippen LogP contribution is -2.45. The smallest absolute Gasteiger partial charge is 0.475 e. The zero-order valence-corrected chi connectivity index (χ0v) is 18.7. The molecular weight excluding hydrogens is 452 g/mol. The van der Waals surface area contributed by atoms with Gasteiger partial charge >= 0.3 is 13.8 Å². The van der Waals surface area contributed by atoms with Gasteiger partial charge in [-0.25, -0.2) is 18.7 Å². The summed E-state index contributed by atoms with van der Waals surface area (Å²) in [5, 5.41) is 0. The number of carbonyl (C=O) groups is 1. The maximum atomic E-state index is 16.0. The SMILES string of the molecule is COc1nc(N)nc2c1ncn2C1OC2COP(=O)(OCC(=O)OC(C)C)OC2C1(C)F. The summed E-state index contributed by atoms with van der Waals surface area (Å²) in [5.41, 5.74) is 3.94. The van der Waals surface area contributed by atoms with Crippen molar-refractivity contribution in [3.05, 3.63) is 6.33 Å². The van der Waals surface area contributed by atoms with Crippen LogP contribution in [-0.4, -0.2) is 69.8 Å². The molecule has 0 amide bonds. The highest BCUT2D eigenvalue weighted by molar-refractivity contribution is 7.48. The van der Waals surface area contributed by atoms with Crippen LogP contribution < -0.4 is 10.5 Å². The van der Waals surface area contributed by atoms with Crippen molar-refractivity contribution in [1.82, 2.24) is 19.5 Å². The zero-order chi connectivity index (χ0) is 23.3. The fourth-order valence-corrected chi connectivity index (χ4v) is 4.97. The Morgan fingerprint density at radius 3 is 2.91 bits per heavy atom. The number of rotatable bonds is 6. The molecule has 2 aromatic rings. The summed E-state index contributed by atoms with van der Waals surface area (Å²) in [6.07, 6.45) is -2.60. The summed E-state index contributed by atoms with van der Waals surface area (Å²) in [4.78, 5) is 23.9. The molecule has 2 N–H and O–H groups in total. The molecule has 0 saturated carbocycles. The third-order valence-electron chi connectivity index (χ3n) is 4.88. The summed E-state index contributed by atoms with van der Waals surface area (Å²) in [7, 11) is -2.86. The molecule has 0 aromatic carbocycles. The summed E-state index contributed by atoms with van der Waals surface area (Å²) in [6.45, 7) is 3.55. The van der Waals surface area contributed by atoms with Gasteiger partial charge in [-0.3, -0.25) is 18.1 Å². The average Bonchev–Trinajstić information content (AvgIpc) is 3.23. The lowest BCUT2D eigenvalue weighted by Gasteiger charge is -2.33. The first-order valence-corrected chi connectivity index (χ1v) is 11.2. The Kier molecular flexibility index (Phi) is 5.84. The number of nitrogens with two attached hydrogens (primary N) is 1. The van der Waals surface area contributed by atoms with Crippen molar-refractivity contribution < 1.29 is 41.5 Å². The second-order valence-electron chi connectivity index (χ2n) is 7.67. The van der Waals surface area contributed by atoms with Crippen LogP contribution in [0.3, 0.4) is 0 Å². The number of aromatic nitrogens is 4. The van der Waals surface area contributed by atoms with Crippen LogP contribution in [0.2, 0.25) is 0 Å². The van der Waals surface area contributed by atoms with E-state index in [1.165, 1.54) is 24.9 Å². The highest BCUT2D eigenvalue weighted by Gasteiger charge is 2.61. The molecule has 2 fully saturated rings. The predicted molar refractivity (Wildman–Crippen MR) is 105 cm³/mol. The molecular formula is C17H23FN5O8P. The number of phosphoric ester groups is 1. The van der Waals surface area contributed by atoms with E-state index in [0.717, 1.165) is 0 Å². The molecule has 0 radical (unpaired) electrons. The van der Waals surface area contributed by atoms with Gasteiger partial charge in [-0.1, -0.05) is 0 Å². The third kappa shape index (κ3) is 4.04. The second-order valence-corrected chi connectivity index (χ2v) is 9.30. The minimum Gasteiger partial charge on any atom is -0.479 e. The maximum Gasteiger partial charge on any atom is 0.475 e. The van der Waals surface area contributed by atoms with Crippen LogP contribution in [0.5, 0.6) is 5.88 Å². The summed E-state index contributed by atoms with van der Waals surface area (Å²) < 4.78 is 61.5. The summed E-state index contributed by atoms with van der Waals surface area (Å²) >= 11 is 0. The Balaban J connectivity index is 1.56. The van der Waals surface area contributed by atoms with Crippen LogP contribution in [0.15, 0.2) is 6.33 Å². The number of hydrogen-bond donors (Lipinski definition) is 1. The number of carbonyl (C=O) groups excluding carboxylic acids is 1. The van der Waals surface area contributed by atoms with Crippen molar-refractivity contribution in [2.24, 2.45) is 0 Å². The summed E-state index contributed by atoms with van der Waals surface area (Å²) in [5.74, 6) is -0.741. The third-order valence-corrected chi connectivity index (χ3v) is 6.28. The molecule has 5 unspecified atom stereocenters. The predicted octanol–water partition coefficient (Wildman–Crippen LogP) is 1.53. The zero-order valence-electron chi connectivity index (χ0n) is 17.8. The van der Waals surface area contributed by atoms with Crippen molar-refractivity contribution in [2.75, 3.05) is 26.1 Å². The number of esters is 1. The topological polar surface area (TPSA) is 159 Å². The van der Waals surface area contributed by atoms with Crippen molar-refractivity contribution in [3.8, 4) is 5.88 Å². The Labute approximate surface area is 181 Å². The molecule has 0 aliphatic carbocycles. The molecule has 15 heteroatoms. The molecule has 2 aliphatic heterocycles. The van der Waals surface area contributed by atoms with E-state index in [4.69, 9.17) is 33.5 Å². The Morgan fingerprint density at radius 2 is 2.22 bits per heavy atom. The first-order valence-electron chi connectivity index (χ1n) is 9.69. The van der Waals surface area contributed by atoms with E-state index in [-0.39, 0.29) is 35.7 Å². The lowest BCUT2D eigenvalue weighted by atomic mass is 9.98. The lowest BCUT2D eigenvalue weighted by molar-refractivity contribution is -0.151. The van der Waals surface area contributed by atoms with Crippen LogP contribution in [-0.2, 0) is 32.4 Å². The normalized spacial score (nSPS) is 32.2. The van der Waals surface area contributed by atoms with Gasteiger partial charge in [0.15, 0.2) is 29.7 Å². The Bertz CT molecular complexity index is 1080. The number of alkyl halides is 1. The van der Waals surface area contributed by atoms with Crippen molar-refractivity contribution in [2.45, 2.75) is 51.0 Å². The van der Waals surface area contributed by atoms with Crippen molar-refractivity contribution >= 4 is 30.9 Å². The number of anilines is 1. The number of halogens is 1. The molecule has 4 heterocycles. The van der Waals surface area contributed by atoms with Crippen LogP contribution >= 0.6 is 7.82 Å². The molecule has 0 spiro atoms. The summed E-state index contributed by atoms with van der Waals surface area (Å²) in [6, 6.07) is 0. The van der Waals surface area contributed by atoms with Crippen LogP contribution in [0, 0.1) is 0 Å². The van der Waals surface area contributed by atoms with Gasteiger partial charge in [0.25, 0.3) is 0 Å². The molecule has 13 nitrogen and oxygen atoms in total. The van der Waals surface area contributed by atoms with Crippen molar-refractivity contribution in [1.29, 1.82) is 0 Å². The fourth-order valence-electron chi connectivity index (χ4n) is 3.56. The average molecular weight is 475 g/mol. The highest BCUT2D eigenvalue weighted by atomic mass is 31.2. The van der Waals surface area contributed by atoms with Crippen LogP contribution in [0.1, 0.15) is 27.0 Å².